The normalized spacial score (nSPS) is 22.8. The average Bonchev–Trinajstić information content (AvgIpc) is 3.49. The Morgan fingerprint density at radius 3 is 2.50 bits per heavy atom. The second-order valence-corrected chi connectivity index (χ2v) is 12.5. The van der Waals surface area contributed by atoms with E-state index in [1.54, 1.807) is 24.3 Å². The zero-order chi connectivity index (χ0) is 27.3. The zero-order valence-electron chi connectivity index (χ0n) is 22.3. The summed E-state index contributed by atoms with van der Waals surface area (Å²) in [6.45, 7) is 7.04. The van der Waals surface area contributed by atoms with Crippen molar-refractivity contribution < 1.29 is 27.4 Å². The molecule has 0 saturated carbocycles. The van der Waals surface area contributed by atoms with Gasteiger partial charge in [-0.2, -0.15) is 4.31 Å². The highest BCUT2D eigenvalue weighted by Crippen LogP contribution is 2.33. The van der Waals surface area contributed by atoms with E-state index in [2.05, 4.69) is 5.32 Å². The van der Waals surface area contributed by atoms with Gasteiger partial charge in [0.15, 0.2) is 6.29 Å². The number of benzene rings is 2. The quantitative estimate of drug-likeness (QED) is 0.445. The summed E-state index contributed by atoms with van der Waals surface area (Å²) in [6.07, 6.45) is -0.119. The minimum atomic E-state index is -3.79. The van der Waals surface area contributed by atoms with Gasteiger partial charge in [-0.3, -0.25) is 0 Å². The van der Waals surface area contributed by atoms with Crippen LogP contribution in [0.25, 0.3) is 0 Å². The number of carbonyl (C=O) groups excluding carboxylic acids is 1. The maximum Gasteiger partial charge on any atom is 0.407 e. The Morgan fingerprint density at radius 2 is 1.82 bits per heavy atom. The van der Waals surface area contributed by atoms with E-state index < -0.39 is 34.3 Å². The van der Waals surface area contributed by atoms with Crippen LogP contribution in [0.1, 0.15) is 31.4 Å². The van der Waals surface area contributed by atoms with Crippen molar-refractivity contribution in [1.82, 2.24) is 9.62 Å². The first-order chi connectivity index (χ1) is 18.1. The molecule has 1 amide bonds. The van der Waals surface area contributed by atoms with Gasteiger partial charge in [-0.1, -0.05) is 61.9 Å². The number of fused-ring (bicyclic) bond motifs is 1. The van der Waals surface area contributed by atoms with Gasteiger partial charge in [0.05, 0.1) is 30.1 Å². The van der Waals surface area contributed by atoms with Crippen LogP contribution in [0.5, 0.6) is 0 Å². The Hall–Kier alpha value is -2.50. The van der Waals surface area contributed by atoms with Gasteiger partial charge in [0.25, 0.3) is 0 Å². The number of ether oxygens (including phenoxy) is 3. The molecule has 2 fully saturated rings. The van der Waals surface area contributed by atoms with Crippen LogP contribution in [0.2, 0.25) is 0 Å². The van der Waals surface area contributed by atoms with Gasteiger partial charge in [0, 0.05) is 19.1 Å². The number of aryl methyl sites for hydroxylation is 1. The number of hydrogen-bond acceptors (Lipinski definition) is 7. The van der Waals surface area contributed by atoms with Gasteiger partial charge in [-0.25, -0.2) is 13.2 Å². The Morgan fingerprint density at radius 1 is 1.11 bits per heavy atom. The molecule has 0 spiro atoms. The smallest absolute Gasteiger partial charge is 0.407 e. The summed E-state index contributed by atoms with van der Waals surface area (Å²) in [5, 5.41) is 2.93. The van der Waals surface area contributed by atoms with E-state index in [-0.39, 0.29) is 36.2 Å². The van der Waals surface area contributed by atoms with Crippen LogP contribution in [0.4, 0.5) is 4.79 Å². The van der Waals surface area contributed by atoms with Crippen molar-refractivity contribution in [2.45, 2.75) is 63.0 Å². The van der Waals surface area contributed by atoms with Gasteiger partial charge in [0.1, 0.15) is 6.10 Å². The summed E-state index contributed by atoms with van der Waals surface area (Å²) in [7, 11) is -3.79. The van der Waals surface area contributed by atoms with E-state index in [0.717, 1.165) is 17.5 Å². The molecule has 38 heavy (non-hydrogen) atoms. The molecule has 2 aromatic carbocycles. The van der Waals surface area contributed by atoms with Gasteiger partial charge >= 0.3 is 6.09 Å². The van der Waals surface area contributed by atoms with Crippen LogP contribution in [-0.2, 0) is 30.7 Å². The average molecular weight is 546 g/mol. The van der Waals surface area contributed by atoms with Crippen molar-refractivity contribution in [2.24, 2.45) is 17.6 Å². The Bertz CT molecular complexity index is 1160. The number of amides is 1. The monoisotopic (exact) mass is 545 g/mol. The summed E-state index contributed by atoms with van der Waals surface area (Å²) >= 11 is 0. The lowest BCUT2D eigenvalue weighted by Crippen LogP contribution is -2.55. The fraction of sp³-hybridized carbons (Fsp3) is 0.536. The van der Waals surface area contributed by atoms with E-state index in [9.17, 15) is 13.2 Å². The minimum Gasteiger partial charge on any atom is -0.443 e. The second-order valence-electron chi connectivity index (χ2n) is 10.6. The third-order valence-electron chi connectivity index (χ3n) is 7.00. The molecular formula is C28H39N3O6S. The molecule has 0 aliphatic carbocycles. The van der Waals surface area contributed by atoms with Crippen LogP contribution in [0.15, 0.2) is 59.5 Å². The number of nitrogens with two attached hydrogens (primary N) is 1. The molecule has 0 radical (unpaired) electrons. The van der Waals surface area contributed by atoms with Crippen molar-refractivity contribution in [3.05, 3.63) is 65.7 Å². The van der Waals surface area contributed by atoms with Gasteiger partial charge in [-0.05, 0) is 43.4 Å². The molecule has 0 bridgehead atoms. The highest BCUT2D eigenvalue weighted by molar-refractivity contribution is 7.89. The number of alkyl carbamates (subject to hydrolysis) is 1. The van der Waals surface area contributed by atoms with Crippen LogP contribution < -0.4 is 11.1 Å². The molecule has 2 heterocycles. The number of sulfonamides is 1. The molecule has 2 aliphatic heterocycles. The molecule has 2 aromatic rings. The molecule has 0 aromatic heterocycles. The lowest BCUT2D eigenvalue weighted by Gasteiger charge is -2.31. The maximum absolute atomic E-state index is 13.6. The van der Waals surface area contributed by atoms with Crippen molar-refractivity contribution >= 4 is 16.1 Å². The number of hydrogen-bond donors (Lipinski definition) is 2. The molecule has 3 N–H and O–H groups in total. The summed E-state index contributed by atoms with van der Waals surface area (Å²) in [5.74, 6) is 0.0973. The summed E-state index contributed by atoms with van der Waals surface area (Å²) in [6, 6.07) is 15.2. The first kappa shape index (κ1) is 28.5. The van der Waals surface area contributed by atoms with Crippen LogP contribution in [0.3, 0.4) is 0 Å². The zero-order valence-corrected chi connectivity index (χ0v) is 23.1. The first-order valence-corrected chi connectivity index (χ1v) is 14.6. The predicted molar refractivity (Wildman–Crippen MR) is 144 cm³/mol. The first-order valence-electron chi connectivity index (χ1n) is 13.2. The highest BCUT2D eigenvalue weighted by atomic mass is 32.2. The molecule has 9 nitrogen and oxygen atoms in total. The number of nitrogens with one attached hydrogen (secondary N) is 1. The van der Waals surface area contributed by atoms with E-state index in [4.69, 9.17) is 19.9 Å². The van der Waals surface area contributed by atoms with E-state index in [0.29, 0.717) is 19.6 Å². The third kappa shape index (κ3) is 7.12. The maximum atomic E-state index is 13.6. The third-order valence-corrected chi connectivity index (χ3v) is 8.85. The van der Waals surface area contributed by atoms with E-state index >= 15 is 0 Å². The molecule has 5 atom stereocenters. The summed E-state index contributed by atoms with van der Waals surface area (Å²) in [4.78, 5) is 13.2. The standard InChI is InChI=1S/C28H39N3O6S/c1-19(2)16-31(38(33,34)22-11-9-20(3)10-12-22)17-24(29)25(15-21-7-5-4-6-8-21)30-28(32)37-26-18-36-27-23(26)13-14-35-27/h4-12,19,23-27H,13-18,29H2,1-3H3,(H,30,32)/t23-,24+,25-,26-,27+/m0/s1. The van der Waals surface area contributed by atoms with E-state index in [1.807, 2.05) is 51.1 Å². The van der Waals surface area contributed by atoms with Crippen molar-refractivity contribution in [1.29, 1.82) is 0 Å². The Kier molecular flexibility index (Phi) is 9.43. The summed E-state index contributed by atoms with van der Waals surface area (Å²) < 4.78 is 45.4. The molecule has 4 rings (SSSR count). The molecular weight excluding hydrogens is 506 g/mol. The molecule has 2 saturated heterocycles. The number of rotatable bonds is 11. The minimum absolute atomic E-state index is 0.0168. The Balaban J connectivity index is 1.51. The van der Waals surface area contributed by atoms with Crippen LogP contribution >= 0.6 is 0 Å². The molecule has 2 aliphatic rings. The fourth-order valence-electron chi connectivity index (χ4n) is 4.95. The topological polar surface area (TPSA) is 120 Å². The van der Waals surface area contributed by atoms with Crippen molar-refractivity contribution in [3.8, 4) is 0 Å². The SMILES string of the molecule is Cc1ccc(S(=O)(=O)N(CC(C)C)C[C@@H](N)[C@H](Cc2ccccc2)NC(=O)O[C@H]2CO[C@H]3OCC[C@H]32)cc1. The van der Waals surface area contributed by atoms with E-state index in [1.165, 1.54) is 4.31 Å². The summed E-state index contributed by atoms with van der Waals surface area (Å²) in [5.41, 5.74) is 8.61. The predicted octanol–water partition coefficient (Wildman–Crippen LogP) is 3.07. The van der Waals surface area contributed by atoms with Gasteiger partial charge in [0.2, 0.25) is 10.0 Å². The van der Waals surface area contributed by atoms with Gasteiger partial charge in [-0.15, -0.1) is 0 Å². The highest BCUT2D eigenvalue weighted by Gasteiger charge is 2.44. The van der Waals surface area contributed by atoms with Crippen LogP contribution in [-0.4, -0.2) is 69.6 Å². The van der Waals surface area contributed by atoms with Gasteiger partial charge < -0.3 is 25.3 Å². The molecule has 0 unspecified atom stereocenters. The molecule has 10 heteroatoms. The fourth-order valence-corrected chi connectivity index (χ4v) is 6.59. The lowest BCUT2D eigenvalue weighted by atomic mass is 9.99. The number of carbonyl (C=O) groups is 1. The lowest BCUT2D eigenvalue weighted by molar-refractivity contribution is -0.0907. The van der Waals surface area contributed by atoms with Crippen molar-refractivity contribution in [3.63, 3.8) is 0 Å². The van der Waals surface area contributed by atoms with Crippen molar-refractivity contribution in [2.75, 3.05) is 26.3 Å². The van der Waals surface area contributed by atoms with Crippen LogP contribution in [0, 0.1) is 18.8 Å². The Labute approximate surface area is 225 Å². The molecule has 208 valence electrons. The largest absolute Gasteiger partial charge is 0.443 e. The second kappa shape index (κ2) is 12.6. The number of nitrogens with zero attached hydrogens (tertiary/aromatic N) is 1.